The Hall–Kier alpha value is -3.20. The zero-order valence-electron chi connectivity index (χ0n) is 19.2. The highest BCUT2D eigenvalue weighted by Crippen LogP contribution is 2.35. The predicted octanol–water partition coefficient (Wildman–Crippen LogP) is 2.25. The zero-order valence-corrected chi connectivity index (χ0v) is 19.2. The fraction of sp³-hybridized carbons (Fsp3) is 0.478. The van der Waals surface area contributed by atoms with Gasteiger partial charge in [0.2, 0.25) is 5.91 Å². The lowest BCUT2D eigenvalue weighted by atomic mass is 9.92. The molecule has 9 nitrogen and oxygen atoms in total. The topological polar surface area (TPSA) is 103 Å². The van der Waals surface area contributed by atoms with E-state index < -0.39 is 17.4 Å². The standard InChI is InChI=1S/C23H30N4O5/c1-6-32-21(29)17-13-19-20(28)27(18-9-8-15(2)12-16(18)3)23(4,14-26(19)25-17)22(30)24-10-7-11-31-5/h8-9,12-13H,6-7,10-11,14H2,1-5H3,(H,24,30)/t23-/m1/s1. The molecule has 1 aromatic heterocycles. The molecule has 0 fully saturated rings. The second-order valence-electron chi connectivity index (χ2n) is 8.10. The number of nitrogens with one attached hydrogen (secondary N) is 1. The normalized spacial score (nSPS) is 17.8. The van der Waals surface area contributed by atoms with E-state index in [1.54, 1.807) is 21.0 Å². The molecule has 2 aromatic rings. The van der Waals surface area contributed by atoms with Gasteiger partial charge in [0, 0.05) is 32.0 Å². The third-order valence-electron chi connectivity index (χ3n) is 5.53. The average Bonchev–Trinajstić information content (AvgIpc) is 3.17. The summed E-state index contributed by atoms with van der Waals surface area (Å²) < 4.78 is 11.5. The van der Waals surface area contributed by atoms with Crippen molar-refractivity contribution in [1.29, 1.82) is 0 Å². The van der Waals surface area contributed by atoms with Crippen molar-refractivity contribution < 1.29 is 23.9 Å². The van der Waals surface area contributed by atoms with E-state index in [0.29, 0.717) is 25.3 Å². The number of ether oxygens (including phenoxy) is 2. The molecule has 172 valence electrons. The van der Waals surface area contributed by atoms with E-state index in [2.05, 4.69) is 10.4 Å². The minimum atomic E-state index is -1.25. The van der Waals surface area contributed by atoms with Gasteiger partial charge >= 0.3 is 5.97 Å². The van der Waals surface area contributed by atoms with Crippen LogP contribution in [0.5, 0.6) is 0 Å². The highest BCUT2D eigenvalue weighted by atomic mass is 16.5. The van der Waals surface area contributed by atoms with Gasteiger partial charge in [0.15, 0.2) is 5.69 Å². The number of nitrogens with zero attached hydrogens (tertiary/aromatic N) is 3. The third-order valence-corrected chi connectivity index (χ3v) is 5.53. The van der Waals surface area contributed by atoms with Gasteiger partial charge in [-0.1, -0.05) is 17.7 Å². The summed E-state index contributed by atoms with van der Waals surface area (Å²) in [4.78, 5) is 40.7. The first-order chi connectivity index (χ1) is 15.2. The van der Waals surface area contributed by atoms with Crippen molar-refractivity contribution >= 4 is 23.5 Å². The molecule has 9 heteroatoms. The number of aromatic nitrogens is 2. The predicted molar refractivity (Wildman–Crippen MR) is 119 cm³/mol. The van der Waals surface area contributed by atoms with Crippen LogP contribution in [-0.2, 0) is 20.8 Å². The number of carbonyl (C=O) groups excluding carboxylic acids is 3. The lowest BCUT2D eigenvalue weighted by Gasteiger charge is -2.43. The molecule has 1 aromatic carbocycles. The minimum Gasteiger partial charge on any atom is -0.461 e. The van der Waals surface area contributed by atoms with Crippen molar-refractivity contribution in [3.63, 3.8) is 0 Å². The van der Waals surface area contributed by atoms with Gasteiger partial charge in [-0.2, -0.15) is 5.10 Å². The number of fused-ring (bicyclic) bond motifs is 1. The maximum Gasteiger partial charge on any atom is 0.358 e. The van der Waals surface area contributed by atoms with Gasteiger partial charge in [-0.15, -0.1) is 0 Å². The molecule has 3 rings (SSSR count). The molecule has 0 aliphatic carbocycles. The minimum absolute atomic E-state index is 0.0422. The van der Waals surface area contributed by atoms with Gasteiger partial charge in [0.1, 0.15) is 11.2 Å². The number of hydrogen-bond donors (Lipinski definition) is 1. The zero-order chi connectivity index (χ0) is 23.5. The SMILES string of the molecule is CCOC(=O)c1cc2n(n1)C[C@](C)(C(=O)NCCCOC)N(c1ccc(C)cc1C)C2=O. The van der Waals surface area contributed by atoms with E-state index in [1.165, 1.54) is 15.6 Å². The van der Waals surface area contributed by atoms with E-state index in [9.17, 15) is 14.4 Å². The number of amides is 2. The highest BCUT2D eigenvalue weighted by molar-refractivity contribution is 6.12. The lowest BCUT2D eigenvalue weighted by molar-refractivity contribution is -0.126. The molecule has 0 radical (unpaired) electrons. The van der Waals surface area contributed by atoms with Gasteiger partial charge in [-0.25, -0.2) is 4.79 Å². The van der Waals surface area contributed by atoms with Gasteiger partial charge in [0.25, 0.3) is 5.91 Å². The summed E-state index contributed by atoms with van der Waals surface area (Å²) in [5.74, 6) is -1.31. The first-order valence-electron chi connectivity index (χ1n) is 10.7. The number of esters is 1. The summed E-state index contributed by atoms with van der Waals surface area (Å²) in [5, 5.41) is 7.18. The number of benzene rings is 1. The molecule has 32 heavy (non-hydrogen) atoms. The molecular weight excluding hydrogens is 412 g/mol. The Bertz CT molecular complexity index is 1030. The van der Waals surface area contributed by atoms with Gasteiger partial charge in [-0.05, 0) is 45.7 Å². The number of aryl methyl sites for hydroxylation is 2. The number of hydrogen-bond acceptors (Lipinski definition) is 6. The lowest BCUT2D eigenvalue weighted by Crippen LogP contribution is -2.64. The summed E-state index contributed by atoms with van der Waals surface area (Å²) >= 11 is 0. The van der Waals surface area contributed by atoms with Crippen LogP contribution in [0.25, 0.3) is 0 Å². The van der Waals surface area contributed by atoms with E-state index in [1.807, 2.05) is 32.0 Å². The van der Waals surface area contributed by atoms with Crippen LogP contribution in [0.1, 0.15) is 52.4 Å². The van der Waals surface area contributed by atoms with Crippen LogP contribution in [0.4, 0.5) is 5.69 Å². The van der Waals surface area contributed by atoms with Crippen LogP contribution in [0.3, 0.4) is 0 Å². The Morgan fingerprint density at radius 2 is 2.00 bits per heavy atom. The third kappa shape index (κ3) is 4.38. The fourth-order valence-electron chi connectivity index (χ4n) is 3.93. The molecule has 1 aliphatic rings. The smallest absolute Gasteiger partial charge is 0.358 e. The van der Waals surface area contributed by atoms with E-state index >= 15 is 0 Å². The largest absolute Gasteiger partial charge is 0.461 e. The summed E-state index contributed by atoms with van der Waals surface area (Å²) in [7, 11) is 1.60. The molecule has 0 spiro atoms. The molecular formula is C23H30N4O5. The van der Waals surface area contributed by atoms with Crippen LogP contribution in [0, 0.1) is 13.8 Å². The Kier molecular flexibility index (Phi) is 6.98. The van der Waals surface area contributed by atoms with Crippen molar-refractivity contribution in [2.24, 2.45) is 0 Å². The van der Waals surface area contributed by atoms with Crippen molar-refractivity contribution in [1.82, 2.24) is 15.1 Å². The molecule has 1 atom stereocenters. The van der Waals surface area contributed by atoms with Crippen molar-refractivity contribution in [3.05, 3.63) is 46.8 Å². The summed E-state index contributed by atoms with van der Waals surface area (Å²) in [6.45, 7) is 8.51. The maximum atomic E-state index is 13.7. The van der Waals surface area contributed by atoms with Crippen molar-refractivity contribution in [2.45, 2.75) is 46.2 Å². The molecule has 0 saturated carbocycles. The second-order valence-corrected chi connectivity index (χ2v) is 8.10. The van der Waals surface area contributed by atoms with Crippen LogP contribution >= 0.6 is 0 Å². The van der Waals surface area contributed by atoms with Crippen LogP contribution in [0.2, 0.25) is 0 Å². The summed E-state index contributed by atoms with van der Waals surface area (Å²) in [6.07, 6.45) is 0.649. The summed E-state index contributed by atoms with van der Waals surface area (Å²) in [5.41, 5.74) is 1.58. The summed E-state index contributed by atoms with van der Waals surface area (Å²) in [6, 6.07) is 7.14. The average molecular weight is 443 g/mol. The van der Waals surface area contributed by atoms with Crippen molar-refractivity contribution in [3.8, 4) is 0 Å². The van der Waals surface area contributed by atoms with Gasteiger partial charge in [-0.3, -0.25) is 19.2 Å². The number of rotatable bonds is 8. The molecule has 0 unspecified atom stereocenters. The Balaban J connectivity index is 2.05. The molecule has 1 aliphatic heterocycles. The fourth-order valence-corrected chi connectivity index (χ4v) is 3.93. The monoisotopic (exact) mass is 442 g/mol. The Morgan fingerprint density at radius 1 is 1.25 bits per heavy atom. The van der Waals surface area contributed by atoms with Gasteiger partial charge < -0.3 is 14.8 Å². The molecule has 2 heterocycles. The van der Waals surface area contributed by atoms with E-state index in [4.69, 9.17) is 9.47 Å². The quantitative estimate of drug-likeness (QED) is 0.497. The Morgan fingerprint density at radius 3 is 2.66 bits per heavy atom. The first kappa shape index (κ1) is 23.5. The van der Waals surface area contributed by atoms with E-state index in [0.717, 1.165) is 11.1 Å². The molecule has 0 saturated heterocycles. The molecule has 0 bridgehead atoms. The van der Waals surface area contributed by atoms with Crippen LogP contribution in [0.15, 0.2) is 24.3 Å². The first-order valence-corrected chi connectivity index (χ1v) is 10.7. The van der Waals surface area contributed by atoms with Crippen molar-refractivity contribution in [2.75, 3.05) is 31.8 Å². The Labute approximate surface area is 187 Å². The second kappa shape index (κ2) is 9.52. The number of anilines is 1. The van der Waals surface area contributed by atoms with Crippen LogP contribution in [-0.4, -0.2) is 60.0 Å². The number of carbonyl (C=O) groups is 3. The van der Waals surface area contributed by atoms with Gasteiger partial charge in [0.05, 0.1) is 13.2 Å². The van der Waals surface area contributed by atoms with Crippen LogP contribution < -0.4 is 10.2 Å². The molecule has 2 amide bonds. The highest BCUT2D eigenvalue weighted by Gasteiger charge is 2.49. The molecule has 1 N–H and O–H groups in total. The van der Waals surface area contributed by atoms with E-state index in [-0.39, 0.29) is 30.4 Å². The maximum absolute atomic E-state index is 13.7. The number of methoxy groups -OCH3 is 1.